The molecule has 2 aromatic carbocycles. The molecule has 0 aliphatic carbocycles. The van der Waals surface area contributed by atoms with Crippen LogP contribution in [0.15, 0.2) is 48.5 Å². The molecule has 0 aromatic heterocycles. The Kier molecular flexibility index (Phi) is 7.91. The number of benzene rings is 2. The van der Waals surface area contributed by atoms with E-state index >= 15 is 0 Å². The zero-order chi connectivity index (χ0) is 20.6. The second kappa shape index (κ2) is 10.6. The molecule has 0 radical (unpaired) electrons. The summed E-state index contributed by atoms with van der Waals surface area (Å²) in [7, 11) is 1.62. The van der Waals surface area contributed by atoms with Gasteiger partial charge in [0, 0.05) is 7.11 Å². The Bertz CT molecular complexity index is 844. The Morgan fingerprint density at radius 3 is 2.59 bits per heavy atom. The van der Waals surface area contributed by atoms with E-state index in [1.165, 1.54) is 11.8 Å². The summed E-state index contributed by atoms with van der Waals surface area (Å²) < 4.78 is 17.4. The summed E-state index contributed by atoms with van der Waals surface area (Å²) >= 11 is 6.80. The van der Waals surface area contributed by atoms with E-state index in [9.17, 15) is 4.79 Å². The summed E-state index contributed by atoms with van der Waals surface area (Å²) in [6, 6.07) is 15.9. The van der Waals surface area contributed by atoms with Crippen molar-refractivity contribution in [1.29, 1.82) is 0 Å². The maximum Gasteiger partial charge on any atom is 0.242 e. The Morgan fingerprint density at radius 1 is 1.07 bits per heavy atom. The van der Waals surface area contributed by atoms with Crippen molar-refractivity contribution in [2.24, 2.45) is 0 Å². The predicted molar refractivity (Wildman–Crippen MR) is 120 cm³/mol. The third-order valence-electron chi connectivity index (χ3n) is 4.49. The minimum Gasteiger partial charge on any atom is -0.490 e. The first-order valence-corrected chi connectivity index (χ1v) is 10.8. The first kappa shape index (κ1) is 21.6. The van der Waals surface area contributed by atoms with E-state index in [2.05, 4.69) is 0 Å². The number of amides is 1. The molecule has 29 heavy (non-hydrogen) atoms. The third kappa shape index (κ3) is 5.72. The number of ether oxygens (including phenoxy) is 3. The molecule has 1 heterocycles. The minimum atomic E-state index is -0.218. The number of rotatable bonds is 10. The van der Waals surface area contributed by atoms with E-state index in [0.29, 0.717) is 48.6 Å². The largest absolute Gasteiger partial charge is 0.490 e. The van der Waals surface area contributed by atoms with Gasteiger partial charge in [-0.1, -0.05) is 60.4 Å². The lowest BCUT2D eigenvalue weighted by Crippen LogP contribution is -2.34. The molecular formula is C22H25NO4S2. The quantitative estimate of drug-likeness (QED) is 0.528. The number of methoxy groups -OCH3 is 1. The van der Waals surface area contributed by atoms with E-state index < -0.39 is 0 Å². The van der Waals surface area contributed by atoms with Crippen molar-refractivity contribution in [3.8, 4) is 11.5 Å². The molecule has 1 amide bonds. The molecule has 0 bridgehead atoms. The van der Waals surface area contributed by atoms with Gasteiger partial charge in [-0.25, -0.2) is 0 Å². The summed E-state index contributed by atoms with van der Waals surface area (Å²) in [6.07, 6.45) is 0.589. The minimum absolute atomic E-state index is 0.0411. The SMILES string of the molecule is CCOc1cc(C[C@H]2SC(=S)N(CCOC)C2=O)ccc1OCc1ccccc1. The molecule has 0 spiro atoms. The topological polar surface area (TPSA) is 48.0 Å². The van der Waals surface area contributed by atoms with Crippen LogP contribution in [0.5, 0.6) is 11.5 Å². The van der Waals surface area contributed by atoms with Crippen molar-refractivity contribution >= 4 is 34.2 Å². The van der Waals surface area contributed by atoms with Crippen LogP contribution in [0.3, 0.4) is 0 Å². The molecule has 154 valence electrons. The summed E-state index contributed by atoms with van der Waals surface area (Å²) in [5.74, 6) is 1.43. The monoisotopic (exact) mass is 431 g/mol. The Balaban J connectivity index is 1.68. The molecule has 1 atom stereocenters. The molecule has 0 unspecified atom stereocenters. The van der Waals surface area contributed by atoms with Gasteiger partial charge in [-0.3, -0.25) is 9.69 Å². The smallest absolute Gasteiger partial charge is 0.242 e. The highest BCUT2D eigenvalue weighted by Crippen LogP contribution is 2.33. The van der Waals surface area contributed by atoms with Crippen LogP contribution < -0.4 is 9.47 Å². The van der Waals surface area contributed by atoms with Crippen LogP contribution in [0.2, 0.25) is 0 Å². The molecule has 2 aromatic rings. The highest BCUT2D eigenvalue weighted by atomic mass is 32.2. The van der Waals surface area contributed by atoms with E-state index in [0.717, 1.165) is 11.1 Å². The second-order valence-electron chi connectivity index (χ2n) is 6.55. The van der Waals surface area contributed by atoms with Crippen molar-refractivity contribution < 1.29 is 19.0 Å². The maximum atomic E-state index is 12.7. The average Bonchev–Trinajstić information content (AvgIpc) is 2.99. The van der Waals surface area contributed by atoms with Crippen LogP contribution >= 0.6 is 24.0 Å². The van der Waals surface area contributed by atoms with Gasteiger partial charge in [0.25, 0.3) is 0 Å². The molecule has 1 aliphatic heterocycles. The lowest BCUT2D eigenvalue weighted by atomic mass is 10.1. The summed E-state index contributed by atoms with van der Waals surface area (Å²) in [5.41, 5.74) is 2.11. The van der Waals surface area contributed by atoms with Crippen LogP contribution in [0.1, 0.15) is 18.1 Å². The van der Waals surface area contributed by atoms with Gasteiger partial charge in [0.15, 0.2) is 11.5 Å². The van der Waals surface area contributed by atoms with Gasteiger partial charge in [-0.2, -0.15) is 0 Å². The maximum absolute atomic E-state index is 12.7. The van der Waals surface area contributed by atoms with Crippen molar-refractivity contribution in [3.05, 3.63) is 59.7 Å². The Morgan fingerprint density at radius 2 is 1.86 bits per heavy atom. The normalized spacial score (nSPS) is 16.3. The van der Waals surface area contributed by atoms with Gasteiger partial charge in [0.1, 0.15) is 10.9 Å². The van der Waals surface area contributed by atoms with Crippen molar-refractivity contribution in [2.45, 2.75) is 25.2 Å². The first-order chi connectivity index (χ1) is 14.1. The van der Waals surface area contributed by atoms with E-state index in [1.807, 2.05) is 55.5 Å². The van der Waals surface area contributed by atoms with E-state index in [-0.39, 0.29) is 11.2 Å². The molecule has 5 nitrogen and oxygen atoms in total. The summed E-state index contributed by atoms with van der Waals surface area (Å²) in [4.78, 5) is 14.3. The Labute approximate surface area is 181 Å². The molecule has 1 aliphatic rings. The number of thiocarbonyl (C=S) groups is 1. The molecule has 7 heteroatoms. The second-order valence-corrected chi connectivity index (χ2v) is 8.38. The molecule has 1 saturated heterocycles. The van der Waals surface area contributed by atoms with Gasteiger partial charge in [0.2, 0.25) is 5.91 Å². The van der Waals surface area contributed by atoms with Gasteiger partial charge >= 0.3 is 0 Å². The van der Waals surface area contributed by atoms with Crippen LogP contribution in [0.4, 0.5) is 0 Å². The highest BCUT2D eigenvalue weighted by molar-refractivity contribution is 8.24. The molecular weight excluding hydrogens is 406 g/mol. The standard InChI is InChI=1S/C22H25NO4S2/c1-3-26-19-13-17(9-10-18(19)27-15-16-7-5-4-6-8-16)14-20-21(24)23(11-12-25-2)22(28)29-20/h4-10,13,20H,3,11-12,14-15H2,1-2H3/t20-/m1/s1. The lowest BCUT2D eigenvalue weighted by molar-refractivity contribution is -0.126. The lowest BCUT2D eigenvalue weighted by Gasteiger charge is -2.16. The Hall–Kier alpha value is -2.09. The first-order valence-electron chi connectivity index (χ1n) is 9.55. The predicted octanol–water partition coefficient (Wildman–Crippen LogP) is 4.08. The van der Waals surface area contributed by atoms with Crippen LogP contribution in [-0.2, 0) is 22.6 Å². The average molecular weight is 432 g/mol. The number of hydrogen-bond acceptors (Lipinski definition) is 6. The van der Waals surface area contributed by atoms with Crippen molar-refractivity contribution in [2.75, 3.05) is 26.9 Å². The van der Waals surface area contributed by atoms with Gasteiger partial charge < -0.3 is 14.2 Å². The summed E-state index contributed by atoms with van der Waals surface area (Å²) in [5, 5.41) is -0.218. The molecule has 1 fully saturated rings. The zero-order valence-corrected chi connectivity index (χ0v) is 18.3. The van der Waals surface area contributed by atoms with Gasteiger partial charge in [-0.15, -0.1) is 0 Å². The summed E-state index contributed by atoms with van der Waals surface area (Å²) in [6.45, 7) is 3.92. The highest BCUT2D eigenvalue weighted by Gasteiger charge is 2.36. The van der Waals surface area contributed by atoms with Crippen LogP contribution in [0.25, 0.3) is 0 Å². The number of carbonyl (C=O) groups is 1. The fraction of sp³-hybridized carbons (Fsp3) is 0.364. The van der Waals surface area contributed by atoms with Crippen LogP contribution in [0, 0.1) is 0 Å². The third-order valence-corrected chi connectivity index (χ3v) is 6.07. The number of thioether (sulfide) groups is 1. The fourth-order valence-corrected chi connectivity index (χ4v) is 4.61. The molecule has 0 saturated carbocycles. The van der Waals surface area contributed by atoms with E-state index in [1.54, 1.807) is 12.0 Å². The van der Waals surface area contributed by atoms with Crippen molar-refractivity contribution in [3.63, 3.8) is 0 Å². The van der Waals surface area contributed by atoms with Gasteiger partial charge in [0.05, 0.1) is 25.0 Å². The zero-order valence-electron chi connectivity index (χ0n) is 16.6. The van der Waals surface area contributed by atoms with Crippen LogP contribution in [-0.4, -0.2) is 47.2 Å². The number of hydrogen-bond donors (Lipinski definition) is 0. The van der Waals surface area contributed by atoms with E-state index in [4.69, 9.17) is 26.4 Å². The van der Waals surface area contributed by atoms with Gasteiger partial charge in [-0.05, 0) is 36.6 Å². The van der Waals surface area contributed by atoms with Crippen molar-refractivity contribution in [1.82, 2.24) is 4.90 Å². The number of carbonyl (C=O) groups excluding carboxylic acids is 1. The number of nitrogens with zero attached hydrogens (tertiary/aromatic N) is 1. The fourth-order valence-electron chi connectivity index (χ4n) is 3.03. The molecule has 0 N–H and O–H groups in total. The molecule has 3 rings (SSSR count).